The van der Waals surface area contributed by atoms with E-state index in [0.717, 1.165) is 22.6 Å². The molecule has 15 heteroatoms. The van der Waals surface area contributed by atoms with Gasteiger partial charge in [-0.3, -0.25) is 19.0 Å². The molecule has 0 unspecified atom stereocenters. The van der Waals surface area contributed by atoms with Crippen LogP contribution in [0.15, 0.2) is 36.9 Å². The molecule has 0 radical (unpaired) electrons. The Labute approximate surface area is 240 Å². The number of primary amides is 1. The molecule has 0 saturated heterocycles. The molecule has 6 aromatic heterocycles. The Morgan fingerprint density at radius 1 is 1.12 bits per heavy atom. The van der Waals surface area contributed by atoms with E-state index < -0.39 is 23.9 Å². The number of nitrogens with zero attached hydrogens (tertiary/aromatic N) is 8. The molecule has 6 heterocycles. The average molecular weight is 591 g/mol. The Morgan fingerprint density at radius 2 is 1.88 bits per heavy atom. The highest BCUT2D eigenvalue weighted by atomic mass is 32.1. The lowest BCUT2D eigenvalue weighted by Crippen LogP contribution is -2.17. The normalized spacial score (nSPS) is 11.7. The summed E-state index contributed by atoms with van der Waals surface area (Å²) < 4.78 is 32.6. The quantitative estimate of drug-likeness (QED) is 0.277. The lowest BCUT2D eigenvalue weighted by Gasteiger charge is -2.10. The molecule has 42 heavy (non-hydrogen) atoms. The maximum absolute atomic E-state index is 13.8. The maximum atomic E-state index is 13.8. The van der Waals surface area contributed by atoms with Gasteiger partial charge in [0.1, 0.15) is 21.0 Å². The van der Waals surface area contributed by atoms with E-state index in [4.69, 9.17) is 5.73 Å². The van der Waals surface area contributed by atoms with Crippen molar-refractivity contribution in [1.29, 1.82) is 0 Å². The average Bonchev–Trinajstić information content (AvgIpc) is 3.72. The minimum atomic E-state index is -2.87. The Morgan fingerprint density at radius 3 is 2.52 bits per heavy atom. The van der Waals surface area contributed by atoms with Gasteiger partial charge in [0.05, 0.1) is 29.0 Å². The van der Waals surface area contributed by atoms with Gasteiger partial charge in [0.2, 0.25) is 0 Å². The van der Waals surface area contributed by atoms with Crippen molar-refractivity contribution < 1.29 is 18.4 Å². The van der Waals surface area contributed by atoms with Gasteiger partial charge in [-0.05, 0) is 38.5 Å². The molecule has 0 aliphatic rings. The van der Waals surface area contributed by atoms with Gasteiger partial charge in [0.25, 0.3) is 18.2 Å². The van der Waals surface area contributed by atoms with Crippen LogP contribution >= 0.6 is 11.3 Å². The Kier molecular flexibility index (Phi) is 6.52. The third-order valence-corrected chi connectivity index (χ3v) is 7.96. The number of rotatable bonds is 7. The second kappa shape index (κ2) is 10.1. The third kappa shape index (κ3) is 4.38. The Hall–Kier alpha value is -5.05. The molecule has 3 N–H and O–H groups in total. The highest BCUT2D eigenvalue weighted by Crippen LogP contribution is 2.43. The van der Waals surface area contributed by atoms with Crippen LogP contribution in [0.2, 0.25) is 0 Å². The van der Waals surface area contributed by atoms with E-state index >= 15 is 0 Å². The summed E-state index contributed by atoms with van der Waals surface area (Å²) in [5, 5.41) is 16.3. The molecule has 0 aliphatic carbocycles. The van der Waals surface area contributed by atoms with Crippen molar-refractivity contribution in [2.75, 3.05) is 5.32 Å². The molecule has 2 amide bonds. The second-order valence-electron chi connectivity index (χ2n) is 9.61. The summed E-state index contributed by atoms with van der Waals surface area (Å²) in [6, 6.07) is 3.02. The SMILES string of the molecule is CCn1cc(-c2ccnc3c(C(=O)Nc4c(C(N)=O)sc5nc(C(F)F)cc(-c6cn(C)nc6C)c45)cnn23)c(C)n1. The number of nitrogens with one attached hydrogen (secondary N) is 1. The summed E-state index contributed by atoms with van der Waals surface area (Å²) in [5.41, 5.74) is 9.43. The van der Waals surface area contributed by atoms with E-state index in [9.17, 15) is 18.4 Å². The highest BCUT2D eigenvalue weighted by Gasteiger charge is 2.27. The van der Waals surface area contributed by atoms with Gasteiger partial charge in [0, 0.05) is 48.7 Å². The minimum absolute atomic E-state index is 0.0345. The fourth-order valence-electron chi connectivity index (χ4n) is 4.97. The molecular formula is C27H24F2N10O2S. The third-order valence-electron chi connectivity index (χ3n) is 6.86. The van der Waals surface area contributed by atoms with Gasteiger partial charge in [0.15, 0.2) is 5.65 Å². The van der Waals surface area contributed by atoms with Crippen molar-refractivity contribution in [3.63, 3.8) is 0 Å². The largest absolute Gasteiger partial charge is 0.365 e. The number of anilines is 1. The monoisotopic (exact) mass is 590 g/mol. The Balaban J connectivity index is 1.50. The summed E-state index contributed by atoms with van der Waals surface area (Å²) in [6.45, 7) is 6.28. The fourth-order valence-corrected chi connectivity index (χ4v) is 5.98. The smallest absolute Gasteiger partial charge is 0.280 e. The zero-order valence-electron chi connectivity index (χ0n) is 22.9. The van der Waals surface area contributed by atoms with Crippen LogP contribution in [0.25, 0.3) is 38.2 Å². The standard InChI is InChI=1S/C27H24F2N10O2S/c1-5-38-11-17(13(3)36-38)19-6-7-31-25-15(9-32-39(19)25)26(41)34-21-20-14(16-10-37(4)35-12(16)2)8-18(23(28)29)33-27(20)42-22(21)24(30)40/h6-11,23H,5H2,1-4H3,(H2,30,40)(H,34,41). The molecule has 0 saturated carbocycles. The highest BCUT2D eigenvalue weighted by molar-refractivity contribution is 7.21. The molecule has 0 atom stereocenters. The molecule has 0 spiro atoms. The van der Waals surface area contributed by atoms with Crippen LogP contribution in [0.5, 0.6) is 0 Å². The maximum Gasteiger partial charge on any atom is 0.280 e. The number of thiophene rings is 1. The van der Waals surface area contributed by atoms with Crippen molar-refractivity contribution in [3.8, 4) is 22.4 Å². The van der Waals surface area contributed by atoms with Crippen LogP contribution in [0.4, 0.5) is 14.5 Å². The van der Waals surface area contributed by atoms with Crippen molar-refractivity contribution in [2.24, 2.45) is 12.8 Å². The molecule has 12 nitrogen and oxygen atoms in total. The van der Waals surface area contributed by atoms with Crippen molar-refractivity contribution >= 4 is 44.7 Å². The van der Waals surface area contributed by atoms with Gasteiger partial charge in [-0.15, -0.1) is 11.3 Å². The number of aryl methyl sites for hydroxylation is 4. The first-order valence-corrected chi connectivity index (χ1v) is 13.6. The molecule has 0 bridgehead atoms. The summed E-state index contributed by atoms with van der Waals surface area (Å²) in [7, 11) is 1.70. The molecule has 0 aliphatic heterocycles. The minimum Gasteiger partial charge on any atom is -0.365 e. The van der Waals surface area contributed by atoms with Gasteiger partial charge in [-0.2, -0.15) is 15.3 Å². The predicted octanol–water partition coefficient (Wildman–Crippen LogP) is 4.53. The molecular weight excluding hydrogens is 566 g/mol. The lowest BCUT2D eigenvalue weighted by molar-refractivity contribution is 0.100. The number of alkyl halides is 2. The number of pyridine rings is 1. The van der Waals surface area contributed by atoms with Crippen LogP contribution in [0.3, 0.4) is 0 Å². The summed E-state index contributed by atoms with van der Waals surface area (Å²) >= 11 is 0.827. The molecule has 214 valence electrons. The summed E-state index contributed by atoms with van der Waals surface area (Å²) in [6.07, 6.45) is 3.64. The summed E-state index contributed by atoms with van der Waals surface area (Å²) in [5.74, 6) is -1.46. The van der Waals surface area contributed by atoms with Crippen LogP contribution in [-0.4, -0.2) is 51.0 Å². The Bertz CT molecular complexity index is 2040. The molecule has 0 fully saturated rings. The topological polar surface area (TPSA) is 151 Å². The fraction of sp³-hybridized carbons (Fsp3) is 0.222. The number of carbonyl (C=O) groups excluding carboxylic acids is 2. The van der Waals surface area contributed by atoms with E-state index in [1.165, 1.54) is 12.3 Å². The van der Waals surface area contributed by atoms with Crippen LogP contribution in [-0.2, 0) is 13.6 Å². The van der Waals surface area contributed by atoms with Crippen LogP contribution in [0.1, 0.15) is 50.5 Å². The second-order valence-corrected chi connectivity index (χ2v) is 10.6. The first kappa shape index (κ1) is 27.1. The molecule has 0 aromatic carbocycles. The number of aromatic nitrogens is 8. The lowest BCUT2D eigenvalue weighted by atomic mass is 10.0. The van der Waals surface area contributed by atoms with Crippen molar-refractivity contribution in [1.82, 2.24) is 39.1 Å². The number of halogens is 2. The number of hydrogen-bond donors (Lipinski definition) is 2. The van der Waals surface area contributed by atoms with E-state index in [-0.39, 0.29) is 26.6 Å². The van der Waals surface area contributed by atoms with Gasteiger partial charge < -0.3 is 11.1 Å². The zero-order valence-corrected chi connectivity index (χ0v) is 23.7. The molecule has 6 aromatic rings. The zero-order chi connectivity index (χ0) is 29.9. The summed E-state index contributed by atoms with van der Waals surface area (Å²) in [4.78, 5) is 34.8. The van der Waals surface area contributed by atoms with E-state index in [1.54, 1.807) is 46.3 Å². The number of amides is 2. The van der Waals surface area contributed by atoms with Crippen molar-refractivity contribution in [3.05, 3.63) is 64.4 Å². The molecule has 6 rings (SSSR count). The number of carbonyl (C=O) groups is 2. The van der Waals surface area contributed by atoms with Crippen LogP contribution in [0, 0.1) is 13.8 Å². The number of nitrogens with two attached hydrogens (primary N) is 1. The van der Waals surface area contributed by atoms with Crippen LogP contribution < -0.4 is 11.1 Å². The predicted molar refractivity (Wildman–Crippen MR) is 153 cm³/mol. The van der Waals surface area contributed by atoms with E-state index in [2.05, 4.69) is 30.6 Å². The van der Waals surface area contributed by atoms with Crippen molar-refractivity contribution in [2.45, 2.75) is 33.7 Å². The first-order chi connectivity index (χ1) is 20.1. The van der Waals surface area contributed by atoms with Gasteiger partial charge in [-0.25, -0.2) is 23.3 Å². The number of hydrogen-bond acceptors (Lipinski definition) is 8. The van der Waals surface area contributed by atoms with E-state index in [1.807, 2.05) is 20.0 Å². The first-order valence-electron chi connectivity index (χ1n) is 12.8. The van der Waals surface area contributed by atoms with E-state index in [0.29, 0.717) is 34.4 Å². The van der Waals surface area contributed by atoms with Gasteiger partial charge in [-0.1, -0.05) is 0 Å². The van der Waals surface area contributed by atoms with Gasteiger partial charge >= 0.3 is 0 Å². The number of fused-ring (bicyclic) bond motifs is 2.